The maximum Gasteiger partial charge on any atom is 0.257 e. The molecule has 0 amide bonds. The van der Waals surface area contributed by atoms with E-state index >= 15 is 0 Å². The number of benzene rings is 2. The Morgan fingerprint density at radius 1 is 1.09 bits per heavy atom. The first kappa shape index (κ1) is 21.7. The summed E-state index contributed by atoms with van der Waals surface area (Å²) < 4.78 is 40.6. The summed E-state index contributed by atoms with van der Waals surface area (Å²) in [7, 11) is -3.57. The van der Waals surface area contributed by atoms with Crippen molar-refractivity contribution in [1.29, 1.82) is 0 Å². The summed E-state index contributed by atoms with van der Waals surface area (Å²) in [4.78, 5) is 9.46. The van der Waals surface area contributed by atoms with E-state index in [0.717, 1.165) is 16.9 Å². The molecule has 0 unspecified atom stereocenters. The Balaban J connectivity index is 1.42. The van der Waals surface area contributed by atoms with E-state index in [-0.39, 0.29) is 4.90 Å². The van der Waals surface area contributed by atoms with Crippen molar-refractivity contribution in [3.05, 3.63) is 47.2 Å². The lowest BCUT2D eigenvalue weighted by molar-refractivity contribution is 0.0730. The van der Waals surface area contributed by atoms with Gasteiger partial charge in [-0.25, -0.2) is 18.4 Å². The number of aromatic nitrogens is 3. The van der Waals surface area contributed by atoms with Crippen molar-refractivity contribution in [2.45, 2.75) is 29.3 Å². The van der Waals surface area contributed by atoms with Crippen molar-refractivity contribution in [3.8, 4) is 0 Å². The monoisotopic (exact) mass is 492 g/mol. The van der Waals surface area contributed by atoms with Gasteiger partial charge >= 0.3 is 0 Å². The van der Waals surface area contributed by atoms with Crippen molar-refractivity contribution in [3.63, 3.8) is 0 Å². The average molecular weight is 493 g/mol. The molecule has 1 saturated heterocycles. The van der Waals surface area contributed by atoms with E-state index in [1.807, 2.05) is 19.1 Å². The van der Waals surface area contributed by atoms with Crippen LogP contribution in [0.4, 0.5) is 0 Å². The van der Waals surface area contributed by atoms with Crippen LogP contribution in [0.3, 0.4) is 0 Å². The van der Waals surface area contributed by atoms with Gasteiger partial charge in [0, 0.05) is 30.7 Å². The first-order valence-corrected chi connectivity index (χ1v) is 13.0. The number of sulfonamides is 1. The summed E-state index contributed by atoms with van der Waals surface area (Å²) >= 11 is 7.46. The van der Waals surface area contributed by atoms with Crippen LogP contribution in [0.25, 0.3) is 22.1 Å². The van der Waals surface area contributed by atoms with Crippen LogP contribution in [0.1, 0.15) is 12.7 Å². The number of halogens is 1. The molecule has 11 heteroatoms. The molecule has 0 N–H and O–H groups in total. The molecule has 1 aliphatic heterocycles. The molecule has 0 spiro atoms. The fraction of sp³-hybridized carbons (Fsp3) is 0.333. The molecule has 1 aliphatic rings. The first-order chi connectivity index (χ1) is 15.5. The molecule has 0 radical (unpaired) electrons. The second-order valence-corrected chi connectivity index (χ2v) is 10.6. The summed E-state index contributed by atoms with van der Waals surface area (Å²) in [6, 6.07) is 10.5. The summed E-state index contributed by atoms with van der Waals surface area (Å²) in [5.41, 5.74) is 2.94. The average Bonchev–Trinajstić information content (AvgIpc) is 3.37. The van der Waals surface area contributed by atoms with Crippen LogP contribution in [0, 0.1) is 0 Å². The Kier molecular flexibility index (Phi) is 5.89. The highest BCUT2D eigenvalue weighted by molar-refractivity contribution is 7.98. The van der Waals surface area contributed by atoms with Crippen molar-refractivity contribution < 1.29 is 17.6 Å². The number of thioether (sulfide) groups is 1. The third kappa shape index (κ3) is 4.01. The van der Waals surface area contributed by atoms with Gasteiger partial charge in [0.05, 0.1) is 34.9 Å². The molecule has 2 aromatic heterocycles. The fourth-order valence-electron chi connectivity index (χ4n) is 3.78. The smallest absolute Gasteiger partial charge is 0.257 e. The molecule has 2 aromatic carbocycles. The predicted octanol–water partition coefficient (Wildman–Crippen LogP) is 4.16. The lowest BCUT2D eigenvalue weighted by Crippen LogP contribution is -2.40. The van der Waals surface area contributed by atoms with Crippen molar-refractivity contribution in [1.82, 2.24) is 18.8 Å². The number of imidazole rings is 1. The van der Waals surface area contributed by atoms with E-state index in [0.29, 0.717) is 59.9 Å². The Morgan fingerprint density at radius 3 is 2.69 bits per heavy atom. The van der Waals surface area contributed by atoms with Crippen LogP contribution in [0.2, 0.25) is 5.02 Å². The molecular formula is C21H21ClN4O4S2. The van der Waals surface area contributed by atoms with E-state index < -0.39 is 10.0 Å². The van der Waals surface area contributed by atoms with E-state index in [1.54, 1.807) is 24.3 Å². The minimum Gasteiger partial charge on any atom is -0.431 e. The van der Waals surface area contributed by atoms with Crippen LogP contribution >= 0.6 is 23.4 Å². The van der Waals surface area contributed by atoms with Gasteiger partial charge in [-0.2, -0.15) is 4.31 Å². The number of morpholine rings is 1. The number of oxazole rings is 1. The lowest BCUT2D eigenvalue weighted by atomic mass is 10.3. The van der Waals surface area contributed by atoms with Crippen LogP contribution in [0.15, 0.2) is 50.9 Å². The topological polar surface area (TPSA) is 90.5 Å². The van der Waals surface area contributed by atoms with Crippen LogP contribution in [0.5, 0.6) is 0 Å². The Labute approximate surface area is 194 Å². The Bertz CT molecular complexity index is 1390. The maximum atomic E-state index is 13.0. The van der Waals surface area contributed by atoms with E-state index in [2.05, 4.69) is 9.55 Å². The molecule has 3 heterocycles. The van der Waals surface area contributed by atoms with Gasteiger partial charge in [0.15, 0.2) is 5.58 Å². The molecule has 168 valence electrons. The van der Waals surface area contributed by atoms with Crippen molar-refractivity contribution in [2.24, 2.45) is 0 Å². The van der Waals surface area contributed by atoms with Crippen molar-refractivity contribution in [2.75, 3.05) is 26.3 Å². The van der Waals surface area contributed by atoms with Gasteiger partial charge < -0.3 is 13.7 Å². The molecule has 5 rings (SSSR count). The first-order valence-electron chi connectivity index (χ1n) is 10.2. The maximum absolute atomic E-state index is 13.0. The highest BCUT2D eigenvalue weighted by Crippen LogP contribution is 2.30. The number of nitrogens with zero attached hydrogens (tertiary/aromatic N) is 4. The summed E-state index contributed by atoms with van der Waals surface area (Å²) in [5, 5.41) is 1.13. The zero-order chi connectivity index (χ0) is 22.3. The van der Waals surface area contributed by atoms with Crippen LogP contribution < -0.4 is 0 Å². The van der Waals surface area contributed by atoms with E-state index in [9.17, 15) is 8.42 Å². The zero-order valence-electron chi connectivity index (χ0n) is 17.3. The number of rotatable bonds is 6. The summed E-state index contributed by atoms with van der Waals surface area (Å²) in [5.74, 6) is 1.36. The molecule has 0 atom stereocenters. The van der Waals surface area contributed by atoms with Crippen LogP contribution in [-0.2, 0) is 27.1 Å². The second-order valence-electron chi connectivity index (χ2n) is 7.32. The van der Waals surface area contributed by atoms with E-state index in [1.165, 1.54) is 16.1 Å². The fourth-order valence-corrected chi connectivity index (χ4v) is 6.16. The molecule has 0 bridgehead atoms. The standard InChI is InChI=1S/C21H21ClN4O4S2/c1-2-26-18-6-4-15(32(27,28)25-7-9-29-10-8-25)12-17(18)23-20(26)13-31-21-24-16-5-3-14(22)11-19(16)30-21/h3-6,11-12H,2,7-10,13H2,1H3. The van der Waals surface area contributed by atoms with E-state index in [4.69, 9.17) is 25.7 Å². The molecule has 4 aromatic rings. The number of hydrogen-bond donors (Lipinski definition) is 0. The zero-order valence-corrected chi connectivity index (χ0v) is 19.7. The van der Waals surface area contributed by atoms with Gasteiger partial charge in [-0.15, -0.1) is 0 Å². The Hall–Kier alpha value is -2.11. The normalized spacial score (nSPS) is 15.7. The van der Waals surface area contributed by atoms with Crippen LogP contribution in [-0.4, -0.2) is 53.6 Å². The largest absolute Gasteiger partial charge is 0.431 e. The lowest BCUT2D eigenvalue weighted by Gasteiger charge is -2.26. The number of fused-ring (bicyclic) bond motifs is 2. The summed E-state index contributed by atoms with van der Waals surface area (Å²) in [6.07, 6.45) is 0. The SMILES string of the molecule is CCn1c(CSc2nc3ccc(Cl)cc3o2)nc2cc(S(=O)(=O)N3CCOCC3)ccc21. The Morgan fingerprint density at radius 2 is 1.91 bits per heavy atom. The molecule has 1 fully saturated rings. The molecule has 32 heavy (non-hydrogen) atoms. The number of hydrogen-bond acceptors (Lipinski definition) is 7. The second kappa shape index (κ2) is 8.68. The van der Waals surface area contributed by atoms with Gasteiger partial charge in [-0.3, -0.25) is 0 Å². The summed E-state index contributed by atoms with van der Waals surface area (Å²) in [6.45, 7) is 4.30. The van der Waals surface area contributed by atoms with Crippen molar-refractivity contribution >= 4 is 55.5 Å². The minimum absolute atomic E-state index is 0.252. The van der Waals surface area contributed by atoms with Gasteiger partial charge in [-0.1, -0.05) is 23.4 Å². The third-order valence-corrected chi connectivity index (χ3v) is 8.33. The highest BCUT2D eigenvalue weighted by atomic mass is 35.5. The molecular weight excluding hydrogens is 472 g/mol. The van der Waals surface area contributed by atoms with Gasteiger partial charge in [0.1, 0.15) is 11.3 Å². The number of aryl methyl sites for hydroxylation is 1. The number of ether oxygens (including phenoxy) is 1. The van der Waals surface area contributed by atoms with Gasteiger partial charge in [-0.05, 0) is 37.3 Å². The third-order valence-electron chi connectivity index (χ3n) is 5.38. The molecule has 0 saturated carbocycles. The van der Waals surface area contributed by atoms with Gasteiger partial charge in [0.2, 0.25) is 10.0 Å². The molecule has 0 aliphatic carbocycles. The predicted molar refractivity (Wildman–Crippen MR) is 124 cm³/mol. The highest BCUT2D eigenvalue weighted by Gasteiger charge is 2.27. The minimum atomic E-state index is -3.57. The quantitative estimate of drug-likeness (QED) is 0.373. The molecule has 8 nitrogen and oxygen atoms in total. The van der Waals surface area contributed by atoms with Gasteiger partial charge in [0.25, 0.3) is 5.22 Å².